The molecule has 13 heteroatoms. The summed E-state index contributed by atoms with van der Waals surface area (Å²) in [6, 6.07) is 11.1. The molecule has 5 rings (SSSR count). The lowest BCUT2D eigenvalue weighted by Gasteiger charge is -2.15. The normalized spacial score (nSPS) is 13.6. The van der Waals surface area contributed by atoms with E-state index in [-0.39, 0.29) is 6.54 Å². The van der Waals surface area contributed by atoms with E-state index in [1.807, 2.05) is 24.3 Å². The first-order valence-electron chi connectivity index (χ1n) is 10.8. The molecule has 1 aromatic carbocycles. The van der Waals surface area contributed by atoms with Crippen LogP contribution in [0, 0.1) is 0 Å². The summed E-state index contributed by atoms with van der Waals surface area (Å²) >= 11 is 0. The van der Waals surface area contributed by atoms with Crippen LogP contribution < -0.4 is 9.08 Å². The van der Waals surface area contributed by atoms with Gasteiger partial charge < -0.3 is 9.08 Å². The van der Waals surface area contributed by atoms with E-state index in [1.54, 1.807) is 41.8 Å². The molecule has 0 N–H and O–H groups in total. The molecule has 9 nitrogen and oxygen atoms in total. The topological polar surface area (TPSA) is 111 Å². The number of rotatable bonds is 6. The van der Waals surface area contributed by atoms with Crippen molar-refractivity contribution in [3.63, 3.8) is 0 Å². The van der Waals surface area contributed by atoms with Crippen molar-refractivity contribution in [1.29, 1.82) is 0 Å². The number of hydrogen-bond donors (Lipinski definition) is 0. The zero-order valence-corrected chi connectivity index (χ0v) is 19.7. The van der Waals surface area contributed by atoms with Gasteiger partial charge in [0.05, 0.1) is 5.69 Å². The molecule has 0 saturated heterocycles. The van der Waals surface area contributed by atoms with Crippen LogP contribution in [0.5, 0.6) is 5.75 Å². The zero-order valence-electron chi connectivity index (χ0n) is 18.9. The summed E-state index contributed by atoms with van der Waals surface area (Å²) in [5.41, 5.74) is -2.00. The van der Waals surface area contributed by atoms with Crippen molar-refractivity contribution in [2.75, 3.05) is 4.90 Å². The smallest absolute Gasteiger partial charge is 0.376 e. The number of benzene rings is 1. The van der Waals surface area contributed by atoms with Crippen molar-refractivity contribution in [3.8, 4) is 17.3 Å². The van der Waals surface area contributed by atoms with Crippen LogP contribution in [0.3, 0.4) is 0 Å². The van der Waals surface area contributed by atoms with E-state index in [9.17, 15) is 21.6 Å². The highest BCUT2D eigenvalue weighted by molar-refractivity contribution is 7.88. The van der Waals surface area contributed by atoms with Crippen molar-refractivity contribution in [2.24, 2.45) is 0 Å². The highest BCUT2D eigenvalue weighted by Gasteiger charge is 2.48. The molecular weight excluding hydrogens is 509 g/mol. The summed E-state index contributed by atoms with van der Waals surface area (Å²) in [4.78, 5) is 23.5. The Labute approximate surface area is 209 Å². The largest absolute Gasteiger partial charge is 0.534 e. The summed E-state index contributed by atoms with van der Waals surface area (Å²) in [5.74, 6) is 0.336. The van der Waals surface area contributed by atoms with Crippen LogP contribution in [0.1, 0.15) is 22.4 Å². The third kappa shape index (κ3) is 5.40. The van der Waals surface area contributed by atoms with Gasteiger partial charge in [0.25, 0.3) is 0 Å². The minimum atomic E-state index is -5.75. The highest BCUT2D eigenvalue weighted by atomic mass is 32.2. The molecule has 0 aliphatic carbocycles. The summed E-state index contributed by atoms with van der Waals surface area (Å²) in [6.07, 6.45) is 10.3. The molecule has 0 fully saturated rings. The fourth-order valence-corrected chi connectivity index (χ4v) is 4.06. The Morgan fingerprint density at radius 2 is 1.62 bits per heavy atom. The SMILES string of the molecule is O=S(=O)(Oc1ccc2c(c1)CN(c1nccc(-c3nccc(/C=C/c4ccncc4)n3)n1)C2)C(F)(F)F. The molecule has 0 radical (unpaired) electrons. The summed E-state index contributed by atoms with van der Waals surface area (Å²) in [5, 5.41) is 0. The molecule has 1 aliphatic rings. The Hall–Kier alpha value is -4.39. The lowest BCUT2D eigenvalue weighted by atomic mass is 10.1. The van der Waals surface area contributed by atoms with Crippen LogP contribution in [0.25, 0.3) is 23.7 Å². The van der Waals surface area contributed by atoms with Crippen LogP contribution in [0.2, 0.25) is 0 Å². The number of anilines is 1. The Kier molecular flexibility index (Phi) is 6.29. The van der Waals surface area contributed by atoms with Gasteiger partial charge in [-0.05, 0) is 59.2 Å². The van der Waals surface area contributed by atoms with E-state index in [2.05, 4.69) is 29.1 Å². The Morgan fingerprint density at radius 3 is 2.41 bits per heavy atom. The maximum atomic E-state index is 12.6. The fraction of sp³-hybridized carbons (Fsp3) is 0.125. The summed E-state index contributed by atoms with van der Waals surface area (Å²) < 4.78 is 64.8. The lowest BCUT2D eigenvalue weighted by Crippen LogP contribution is -2.28. The van der Waals surface area contributed by atoms with Crippen LogP contribution in [-0.4, -0.2) is 38.8 Å². The monoisotopic (exact) mass is 526 g/mol. The van der Waals surface area contributed by atoms with E-state index in [4.69, 9.17) is 0 Å². The van der Waals surface area contributed by atoms with Gasteiger partial charge in [0.15, 0.2) is 5.82 Å². The zero-order chi connectivity index (χ0) is 26.0. The molecule has 188 valence electrons. The highest BCUT2D eigenvalue weighted by Crippen LogP contribution is 2.32. The maximum absolute atomic E-state index is 12.6. The van der Waals surface area contributed by atoms with E-state index < -0.39 is 21.4 Å². The van der Waals surface area contributed by atoms with Crippen LogP contribution >= 0.6 is 0 Å². The first-order valence-corrected chi connectivity index (χ1v) is 12.2. The van der Waals surface area contributed by atoms with Gasteiger partial charge >= 0.3 is 15.6 Å². The number of fused-ring (bicyclic) bond motifs is 1. The number of nitrogens with zero attached hydrogens (tertiary/aromatic N) is 6. The second-order valence-corrected chi connectivity index (χ2v) is 9.47. The van der Waals surface area contributed by atoms with Crippen molar-refractivity contribution in [1.82, 2.24) is 24.9 Å². The minimum Gasteiger partial charge on any atom is -0.376 e. The van der Waals surface area contributed by atoms with Gasteiger partial charge in [-0.1, -0.05) is 12.1 Å². The van der Waals surface area contributed by atoms with E-state index in [1.165, 1.54) is 18.2 Å². The molecule has 1 aliphatic heterocycles. The first-order chi connectivity index (χ1) is 17.7. The average Bonchev–Trinajstić information content (AvgIpc) is 3.31. The molecule has 4 heterocycles. The average molecular weight is 527 g/mol. The van der Waals surface area contributed by atoms with Gasteiger partial charge in [-0.25, -0.2) is 19.9 Å². The van der Waals surface area contributed by atoms with E-state index in [0.717, 1.165) is 11.1 Å². The second-order valence-electron chi connectivity index (χ2n) is 7.93. The number of alkyl halides is 3. The summed E-state index contributed by atoms with van der Waals surface area (Å²) in [6.45, 7) is 0.623. The van der Waals surface area contributed by atoms with Crippen LogP contribution in [0.15, 0.2) is 67.3 Å². The Bertz CT molecular complexity index is 1580. The van der Waals surface area contributed by atoms with E-state index >= 15 is 0 Å². The Morgan fingerprint density at radius 1 is 0.865 bits per heavy atom. The van der Waals surface area contributed by atoms with Crippen molar-refractivity contribution >= 4 is 28.2 Å². The van der Waals surface area contributed by atoms with E-state index in [0.29, 0.717) is 35.3 Å². The summed E-state index contributed by atoms with van der Waals surface area (Å²) in [7, 11) is -5.75. The Balaban J connectivity index is 1.34. The number of pyridine rings is 1. The predicted molar refractivity (Wildman–Crippen MR) is 128 cm³/mol. The fourth-order valence-electron chi connectivity index (χ4n) is 3.61. The van der Waals surface area contributed by atoms with Gasteiger partial charge in [-0.2, -0.15) is 21.6 Å². The van der Waals surface area contributed by atoms with Gasteiger partial charge in [0.1, 0.15) is 11.4 Å². The third-order valence-corrected chi connectivity index (χ3v) is 6.35. The molecule has 3 aromatic heterocycles. The standard InChI is InChI=1S/C24H17F3N6O3S/c25-24(26,27)37(34,35)36-20-4-2-17-14-33(15-18(17)13-20)23-30-12-8-21(32-23)22-29-11-7-19(31-22)3-1-16-5-9-28-10-6-16/h1-13H,14-15H2/b3-1+. The molecule has 0 spiro atoms. The van der Waals surface area contributed by atoms with Gasteiger partial charge in [-0.3, -0.25) is 4.98 Å². The predicted octanol–water partition coefficient (Wildman–Crippen LogP) is 4.25. The molecule has 37 heavy (non-hydrogen) atoms. The number of aromatic nitrogens is 5. The van der Waals surface area contributed by atoms with Crippen molar-refractivity contribution in [2.45, 2.75) is 18.6 Å². The third-order valence-electron chi connectivity index (χ3n) is 5.37. The molecule has 4 aromatic rings. The lowest BCUT2D eigenvalue weighted by molar-refractivity contribution is -0.0500. The quantitative estimate of drug-likeness (QED) is 0.269. The molecule has 0 amide bonds. The first kappa shape index (κ1) is 24.3. The molecule has 0 atom stereocenters. The number of hydrogen-bond acceptors (Lipinski definition) is 9. The molecular formula is C24H17F3N6O3S. The maximum Gasteiger partial charge on any atom is 0.534 e. The second kappa shape index (κ2) is 9.58. The molecule has 0 bridgehead atoms. The van der Waals surface area contributed by atoms with Gasteiger partial charge in [0, 0.05) is 37.9 Å². The molecule has 0 saturated carbocycles. The van der Waals surface area contributed by atoms with Crippen LogP contribution in [-0.2, 0) is 23.2 Å². The molecule has 0 unspecified atom stereocenters. The number of halogens is 3. The van der Waals surface area contributed by atoms with Crippen LogP contribution in [0.4, 0.5) is 19.1 Å². The minimum absolute atomic E-state index is 0.248. The van der Waals surface area contributed by atoms with Crippen molar-refractivity contribution < 1.29 is 25.8 Å². The van der Waals surface area contributed by atoms with Crippen molar-refractivity contribution in [3.05, 3.63) is 89.6 Å². The van der Waals surface area contributed by atoms with Gasteiger partial charge in [-0.15, -0.1) is 0 Å². The van der Waals surface area contributed by atoms with Gasteiger partial charge in [0.2, 0.25) is 5.95 Å².